The van der Waals surface area contributed by atoms with Crippen LogP contribution in [0.5, 0.6) is 0 Å². The Bertz CT molecular complexity index is 880. The van der Waals surface area contributed by atoms with Crippen molar-refractivity contribution >= 4 is 29.2 Å². The normalized spacial score (nSPS) is 17.4. The third-order valence-corrected chi connectivity index (χ3v) is 4.85. The van der Waals surface area contributed by atoms with E-state index in [1.807, 2.05) is 0 Å². The number of carboxylic acids is 1. The predicted molar refractivity (Wildman–Crippen MR) is 102 cm³/mol. The maximum atomic E-state index is 13.1. The number of hydrogen-bond acceptors (Lipinski definition) is 3. The summed E-state index contributed by atoms with van der Waals surface area (Å²) in [5, 5.41) is 11.7. The molecule has 2 aromatic rings. The number of halogens is 1. The van der Waals surface area contributed by atoms with Crippen LogP contribution in [-0.4, -0.2) is 29.4 Å². The molecule has 0 spiro atoms. The van der Waals surface area contributed by atoms with Gasteiger partial charge in [-0.05, 0) is 54.8 Å². The summed E-state index contributed by atoms with van der Waals surface area (Å²) in [6.45, 7) is 2.03. The SMILES string of the molecule is CC(Cc1ccc(NC(=O)C2CCN(c3ccc(F)cc3)C2=O)cc1)C(=O)O. The molecule has 2 aromatic carbocycles. The summed E-state index contributed by atoms with van der Waals surface area (Å²) in [6, 6.07) is 12.5. The van der Waals surface area contributed by atoms with Gasteiger partial charge in [0.2, 0.25) is 11.8 Å². The van der Waals surface area contributed by atoms with Gasteiger partial charge in [-0.15, -0.1) is 0 Å². The minimum atomic E-state index is -0.858. The maximum Gasteiger partial charge on any atom is 0.306 e. The zero-order chi connectivity index (χ0) is 20.3. The molecule has 0 aromatic heterocycles. The molecule has 0 aliphatic carbocycles. The molecule has 6 nitrogen and oxygen atoms in total. The number of aliphatic carboxylic acids is 1. The standard InChI is InChI=1S/C21H21FN2O4/c1-13(21(27)28)12-14-2-6-16(7-3-14)23-19(25)18-10-11-24(20(18)26)17-8-4-15(22)5-9-17/h2-9,13,18H,10-12H2,1H3,(H,23,25)(H,27,28). The Labute approximate surface area is 162 Å². The van der Waals surface area contributed by atoms with Gasteiger partial charge in [0.15, 0.2) is 0 Å². The third-order valence-electron chi connectivity index (χ3n) is 4.85. The topological polar surface area (TPSA) is 86.7 Å². The average Bonchev–Trinajstić information content (AvgIpc) is 3.05. The summed E-state index contributed by atoms with van der Waals surface area (Å²) in [5.74, 6) is -3.23. The van der Waals surface area contributed by atoms with Crippen molar-refractivity contribution in [2.45, 2.75) is 19.8 Å². The number of amides is 2. The summed E-state index contributed by atoms with van der Waals surface area (Å²) >= 11 is 0. The number of carbonyl (C=O) groups excluding carboxylic acids is 2. The van der Waals surface area contributed by atoms with E-state index < -0.39 is 17.8 Å². The second-order valence-electron chi connectivity index (χ2n) is 6.94. The fraction of sp³-hybridized carbons (Fsp3) is 0.286. The van der Waals surface area contributed by atoms with Gasteiger partial charge in [-0.25, -0.2) is 4.39 Å². The summed E-state index contributed by atoms with van der Waals surface area (Å²) in [6.07, 6.45) is 0.785. The summed E-state index contributed by atoms with van der Waals surface area (Å²) in [7, 11) is 0. The lowest BCUT2D eigenvalue weighted by molar-refractivity contribution is -0.141. The first-order chi connectivity index (χ1) is 13.3. The molecular formula is C21H21FN2O4. The van der Waals surface area contributed by atoms with Crippen molar-refractivity contribution in [3.8, 4) is 0 Å². The Kier molecular flexibility index (Phi) is 5.73. The van der Waals surface area contributed by atoms with Gasteiger partial charge in [0.25, 0.3) is 0 Å². The maximum absolute atomic E-state index is 13.1. The molecule has 146 valence electrons. The first-order valence-electron chi connectivity index (χ1n) is 9.04. The van der Waals surface area contributed by atoms with Crippen molar-refractivity contribution in [1.82, 2.24) is 0 Å². The molecular weight excluding hydrogens is 363 g/mol. The Morgan fingerprint density at radius 2 is 1.82 bits per heavy atom. The van der Waals surface area contributed by atoms with Crippen molar-refractivity contribution in [2.75, 3.05) is 16.8 Å². The molecule has 1 heterocycles. The van der Waals surface area contributed by atoms with E-state index in [4.69, 9.17) is 5.11 Å². The highest BCUT2D eigenvalue weighted by Gasteiger charge is 2.37. The molecule has 7 heteroatoms. The molecule has 0 bridgehead atoms. The highest BCUT2D eigenvalue weighted by Crippen LogP contribution is 2.26. The minimum absolute atomic E-state index is 0.309. The predicted octanol–water partition coefficient (Wildman–Crippen LogP) is 3.08. The van der Waals surface area contributed by atoms with Crippen LogP contribution in [0.4, 0.5) is 15.8 Å². The Balaban J connectivity index is 1.61. The highest BCUT2D eigenvalue weighted by molar-refractivity contribution is 6.13. The van der Waals surface area contributed by atoms with Gasteiger partial charge in [0.1, 0.15) is 11.7 Å². The molecule has 1 aliphatic rings. The smallest absolute Gasteiger partial charge is 0.306 e. The fourth-order valence-electron chi connectivity index (χ4n) is 3.19. The zero-order valence-electron chi connectivity index (χ0n) is 15.4. The number of benzene rings is 2. The Morgan fingerprint density at radius 1 is 1.18 bits per heavy atom. The van der Waals surface area contributed by atoms with E-state index in [1.165, 1.54) is 29.2 Å². The van der Waals surface area contributed by atoms with Gasteiger partial charge in [-0.1, -0.05) is 19.1 Å². The van der Waals surface area contributed by atoms with Crippen LogP contribution < -0.4 is 10.2 Å². The number of anilines is 2. The average molecular weight is 384 g/mol. The fourth-order valence-corrected chi connectivity index (χ4v) is 3.19. The number of carboxylic acid groups (broad SMARTS) is 1. The van der Waals surface area contributed by atoms with Gasteiger partial charge in [-0.2, -0.15) is 0 Å². The molecule has 1 aliphatic heterocycles. The number of nitrogens with one attached hydrogen (secondary N) is 1. The quantitative estimate of drug-likeness (QED) is 0.750. The van der Waals surface area contributed by atoms with Crippen LogP contribution in [-0.2, 0) is 20.8 Å². The lowest BCUT2D eigenvalue weighted by Gasteiger charge is -2.16. The largest absolute Gasteiger partial charge is 0.481 e. The van der Waals surface area contributed by atoms with E-state index in [0.717, 1.165) is 5.56 Å². The van der Waals surface area contributed by atoms with Crippen molar-refractivity contribution in [1.29, 1.82) is 0 Å². The second-order valence-corrected chi connectivity index (χ2v) is 6.94. The Hall–Kier alpha value is -3.22. The van der Waals surface area contributed by atoms with Crippen LogP contribution in [0.1, 0.15) is 18.9 Å². The molecule has 3 rings (SSSR count). The molecule has 2 unspecified atom stereocenters. The number of nitrogens with zero attached hydrogens (tertiary/aromatic N) is 1. The van der Waals surface area contributed by atoms with Gasteiger partial charge >= 0.3 is 5.97 Å². The van der Waals surface area contributed by atoms with Crippen molar-refractivity contribution < 1.29 is 23.9 Å². The van der Waals surface area contributed by atoms with Crippen LogP contribution in [0.15, 0.2) is 48.5 Å². The number of carbonyl (C=O) groups is 3. The lowest BCUT2D eigenvalue weighted by atomic mass is 10.0. The lowest BCUT2D eigenvalue weighted by Crippen LogP contribution is -2.33. The van der Waals surface area contributed by atoms with Crippen LogP contribution in [0.2, 0.25) is 0 Å². The first-order valence-corrected chi connectivity index (χ1v) is 9.04. The van der Waals surface area contributed by atoms with Gasteiger partial charge < -0.3 is 15.3 Å². The van der Waals surface area contributed by atoms with Crippen molar-refractivity contribution in [3.05, 3.63) is 59.9 Å². The van der Waals surface area contributed by atoms with Gasteiger partial charge in [0, 0.05) is 17.9 Å². The molecule has 2 amide bonds. The van der Waals surface area contributed by atoms with Gasteiger partial charge in [0.05, 0.1) is 5.92 Å². The van der Waals surface area contributed by atoms with Crippen molar-refractivity contribution in [2.24, 2.45) is 11.8 Å². The molecule has 28 heavy (non-hydrogen) atoms. The summed E-state index contributed by atoms with van der Waals surface area (Å²) < 4.78 is 13.1. The van der Waals surface area contributed by atoms with E-state index in [-0.39, 0.29) is 17.6 Å². The van der Waals surface area contributed by atoms with Crippen LogP contribution >= 0.6 is 0 Å². The van der Waals surface area contributed by atoms with E-state index >= 15 is 0 Å². The molecule has 0 radical (unpaired) electrons. The van der Waals surface area contributed by atoms with Crippen molar-refractivity contribution in [3.63, 3.8) is 0 Å². The van der Waals surface area contributed by atoms with Crippen LogP contribution in [0.25, 0.3) is 0 Å². The van der Waals surface area contributed by atoms with Crippen LogP contribution in [0.3, 0.4) is 0 Å². The van der Waals surface area contributed by atoms with E-state index in [1.54, 1.807) is 31.2 Å². The summed E-state index contributed by atoms with van der Waals surface area (Å²) in [5.41, 5.74) is 1.97. The monoisotopic (exact) mass is 384 g/mol. The third kappa shape index (κ3) is 4.36. The molecule has 0 saturated carbocycles. The summed E-state index contributed by atoms with van der Waals surface area (Å²) in [4.78, 5) is 37.5. The molecule has 1 saturated heterocycles. The Morgan fingerprint density at radius 3 is 2.43 bits per heavy atom. The molecule has 1 fully saturated rings. The zero-order valence-corrected chi connectivity index (χ0v) is 15.4. The number of rotatable bonds is 6. The minimum Gasteiger partial charge on any atom is -0.481 e. The molecule has 2 N–H and O–H groups in total. The first kappa shape index (κ1) is 19.5. The van der Waals surface area contributed by atoms with E-state index in [0.29, 0.717) is 30.8 Å². The highest BCUT2D eigenvalue weighted by atomic mass is 19.1. The van der Waals surface area contributed by atoms with E-state index in [2.05, 4.69) is 5.32 Å². The number of hydrogen-bond donors (Lipinski definition) is 2. The molecule has 2 atom stereocenters. The van der Waals surface area contributed by atoms with Gasteiger partial charge in [-0.3, -0.25) is 14.4 Å². The van der Waals surface area contributed by atoms with E-state index in [9.17, 15) is 18.8 Å². The van der Waals surface area contributed by atoms with Crippen LogP contribution in [0, 0.1) is 17.7 Å². The second kappa shape index (κ2) is 8.21.